The van der Waals surface area contributed by atoms with E-state index >= 15 is 0 Å². The van der Waals surface area contributed by atoms with Crippen molar-refractivity contribution >= 4 is 16.7 Å². The number of nitrogens with zero attached hydrogens (tertiary/aromatic N) is 1. The molecule has 1 aliphatic heterocycles. The van der Waals surface area contributed by atoms with Crippen molar-refractivity contribution in [3.63, 3.8) is 0 Å². The van der Waals surface area contributed by atoms with E-state index < -0.39 is 0 Å². The van der Waals surface area contributed by atoms with Gasteiger partial charge in [0.25, 0.3) is 0 Å². The van der Waals surface area contributed by atoms with E-state index in [1.54, 1.807) is 0 Å². The van der Waals surface area contributed by atoms with Crippen LogP contribution >= 0.6 is 0 Å². The zero-order valence-corrected chi connectivity index (χ0v) is 11.0. The summed E-state index contributed by atoms with van der Waals surface area (Å²) in [5, 5.41) is 2.42. The highest BCUT2D eigenvalue weighted by atomic mass is 16.2. The van der Waals surface area contributed by atoms with Gasteiger partial charge in [-0.25, -0.2) is 0 Å². The van der Waals surface area contributed by atoms with Crippen LogP contribution in [0.2, 0.25) is 0 Å². The van der Waals surface area contributed by atoms with Crippen molar-refractivity contribution in [2.24, 2.45) is 5.73 Å². The van der Waals surface area contributed by atoms with E-state index in [0.29, 0.717) is 13.0 Å². The normalized spacial score (nSPS) is 21.1. The number of benzene rings is 2. The monoisotopic (exact) mass is 254 g/mol. The van der Waals surface area contributed by atoms with Gasteiger partial charge in [-0.1, -0.05) is 42.5 Å². The molecule has 3 heteroatoms. The smallest absolute Gasteiger partial charge is 0.224 e. The molecule has 2 N–H and O–H groups in total. The molecule has 0 saturated carbocycles. The molecule has 1 saturated heterocycles. The lowest BCUT2D eigenvalue weighted by atomic mass is 9.99. The van der Waals surface area contributed by atoms with Crippen molar-refractivity contribution in [3.05, 3.63) is 48.0 Å². The molecule has 98 valence electrons. The predicted molar refractivity (Wildman–Crippen MR) is 76.7 cm³/mol. The van der Waals surface area contributed by atoms with Gasteiger partial charge in [0.15, 0.2) is 0 Å². The number of amides is 1. The average Bonchev–Trinajstić information content (AvgIpc) is 2.76. The van der Waals surface area contributed by atoms with Gasteiger partial charge in [0.2, 0.25) is 5.91 Å². The quantitative estimate of drug-likeness (QED) is 0.894. The zero-order chi connectivity index (χ0) is 13.4. The standard InChI is InChI=1S/C16H18N2O/c1-11(18-10-13(17)9-16(18)19)14-8-4-6-12-5-2-3-7-15(12)14/h2-8,11,13H,9-10,17H2,1H3/t11-,13?/m0/s1. The van der Waals surface area contributed by atoms with E-state index in [1.165, 1.54) is 16.3 Å². The molecule has 19 heavy (non-hydrogen) atoms. The Kier molecular flexibility index (Phi) is 2.99. The number of carbonyl (C=O) groups is 1. The topological polar surface area (TPSA) is 46.3 Å². The molecular formula is C16H18N2O. The highest BCUT2D eigenvalue weighted by molar-refractivity contribution is 5.87. The first kappa shape index (κ1) is 12.2. The summed E-state index contributed by atoms with van der Waals surface area (Å²) in [6, 6.07) is 14.6. The molecule has 2 aromatic carbocycles. The first-order chi connectivity index (χ1) is 9.16. The second-order valence-electron chi connectivity index (χ2n) is 5.25. The van der Waals surface area contributed by atoms with Crippen LogP contribution in [0, 0.1) is 0 Å². The van der Waals surface area contributed by atoms with Gasteiger partial charge in [0.1, 0.15) is 0 Å². The molecule has 3 rings (SSSR count). The predicted octanol–water partition coefficient (Wildman–Crippen LogP) is 2.46. The maximum absolute atomic E-state index is 12.0. The molecule has 0 aromatic heterocycles. The van der Waals surface area contributed by atoms with Gasteiger partial charge in [-0.05, 0) is 23.3 Å². The SMILES string of the molecule is C[C@@H](c1cccc2ccccc12)N1CC(N)CC1=O. The lowest BCUT2D eigenvalue weighted by Crippen LogP contribution is -2.30. The Morgan fingerprint density at radius 3 is 2.68 bits per heavy atom. The molecule has 1 amide bonds. The molecule has 1 fully saturated rings. The first-order valence-electron chi connectivity index (χ1n) is 6.69. The molecule has 2 atom stereocenters. The fraction of sp³-hybridized carbons (Fsp3) is 0.312. The van der Waals surface area contributed by atoms with E-state index in [-0.39, 0.29) is 18.0 Å². The van der Waals surface area contributed by atoms with Crippen LogP contribution in [-0.2, 0) is 4.79 Å². The summed E-state index contributed by atoms with van der Waals surface area (Å²) < 4.78 is 0. The average molecular weight is 254 g/mol. The van der Waals surface area contributed by atoms with Crippen molar-refractivity contribution in [2.45, 2.75) is 25.4 Å². The largest absolute Gasteiger partial charge is 0.334 e. The molecule has 0 bridgehead atoms. The lowest BCUT2D eigenvalue weighted by Gasteiger charge is -2.26. The van der Waals surface area contributed by atoms with Crippen LogP contribution in [-0.4, -0.2) is 23.4 Å². The minimum Gasteiger partial charge on any atom is -0.334 e. The Balaban J connectivity index is 2.02. The van der Waals surface area contributed by atoms with Crippen LogP contribution in [0.1, 0.15) is 24.9 Å². The summed E-state index contributed by atoms with van der Waals surface area (Å²) in [5.74, 6) is 0.160. The lowest BCUT2D eigenvalue weighted by molar-refractivity contribution is -0.129. The maximum Gasteiger partial charge on any atom is 0.224 e. The summed E-state index contributed by atoms with van der Waals surface area (Å²) >= 11 is 0. The highest BCUT2D eigenvalue weighted by Gasteiger charge is 2.31. The third-order valence-corrected chi connectivity index (χ3v) is 3.93. The number of carbonyl (C=O) groups excluding carboxylic acids is 1. The second kappa shape index (κ2) is 4.67. The van der Waals surface area contributed by atoms with E-state index in [0.717, 1.165) is 0 Å². The van der Waals surface area contributed by atoms with Gasteiger partial charge >= 0.3 is 0 Å². The summed E-state index contributed by atoms with van der Waals surface area (Å²) in [5.41, 5.74) is 7.08. The van der Waals surface area contributed by atoms with Gasteiger partial charge in [-0.3, -0.25) is 4.79 Å². The fourth-order valence-corrected chi connectivity index (χ4v) is 2.92. The molecule has 1 heterocycles. The maximum atomic E-state index is 12.0. The summed E-state index contributed by atoms with van der Waals surface area (Å²) in [7, 11) is 0. The first-order valence-corrected chi connectivity index (χ1v) is 6.69. The molecular weight excluding hydrogens is 236 g/mol. The molecule has 3 nitrogen and oxygen atoms in total. The Labute approximate surface area is 113 Å². The van der Waals surface area contributed by atoms with Gasteiger partial charge in [0.05, 0.1) is 6.04 Å². The fourth-order valence-electron chi connectivity index (χ4n) is 2.92. The van der Waals surface area contributed by atoms with Crippen molar-refractivity contribution in [1.82, 2.24) is 4.90 Å². The minimum atomic E-state index is -0.0232. The second-order valence-corrected chi connectivity index (χ2v) is 5.25. The van der Waals surface area contributed by atoms with Gasteiger partial charge in [-0.15, -0.1) is 0 Å². The van der Waals surface area contributed by atoms with E-state index in [1.807, 2.05) is 17.0 Å². The minimum absolute atomic E-state index is 0.0232. The Morgan fingerprint density at radius 2 is 1.95 bits per heavy atom. The van der Waals surface area contributed by atoms with Gasteiger partial charge in [0, 0.05) is 19.0 Å². The van der Waals surface area contributed by atoms with Crippen LogP contribution in [0.25, 0.3) is 10.8 Å². The van der Waals surface area contributed by atoms with Gasteiger partial charge in [-0.2, -0.15) is 0 Å². The summed E-state index contributed by atoms with van der Waals surface area (Å²) in [6.45, 7) is 2.74. The molecule has 0 radical (unpaired) electrons. The number of hydrogen-bond acceptors (Lipinski definition) is 2. The van der Waals surface area contributed by atoms with Crippen molar-refractivity contribution in [3.8, 4) is 0 Å². The number of rotatable bonds is 2. The Bertz CT molecular complexity index is 618. The molecule has 0 aliphatic carbocycles. The third kappa shape index (κ3) is 2.10. The molecule has 0 spiro atoms. The molecule has 1 aliphatic rings. The van der Waals surface area contributed by atoms with Crippen LogP contribution in [0.3, 0.4) is 0 Å². The van der Waals surface area contributed by atoms with Crippen molar-refractivity contribution in [1.29, 1.82) is 0 Å². The van der Waals surface area contributed by atoms with Crippen LogP contribution in [0.4, 0.5) is 0 Å². The summed E-state index contributed by atoms with van der Waals surface area (Å²) in [4.78, 5) is 13.9. The van der Waals surface area contributed by atoms with Gasteiger partial charge < -0.3 is 10.6 Å². The van der Waals surface area contributed by atoms with E-state index in [9.17, 15) is 4.79 Å². The van der Waals surface area contributed by atoms with E-state index in [4.69, 9.17) is 5.73 Å². The number of nitrogens with two attached hydrogens (primary N) is 1. The molecule has 2 aromatic rings. The zero-order valence-electron chi connectivity index (χ0n) is 11.0. The number of likely N-dealkylation sites (tertiary alicyclic amines) is 1. The van der Waals surface area contributed by atoms with Crippen molar-refractivity contribution < 1.29 is 4.79 Å². The number of fused-ring (bicyclic) bond motifs is 1. The van der Waals surface area contributed by atoms with Crippen molar-refractivity contribution in [2.75, 3.05) is 6.54 Å². The van der Waals surface area contributed by atoms with Crippen LogP contribution in [0.15, 0.2) is 42.5 Å². The van der Waals surface area contributed by atoms with E-state index in [2.05, 4.69) is 37.3 Å². The Morgan fingerprint density at radius 1 is 1.21 bits per heavy atom. The highest BCUT2D eigenvalue weighted by Crippen LogP contribution is 2.30. The molecule has 1 unspecified atom stereocenters. The summed E-state index contributed by atoms with van der Waals surface area (Å²) in [6.07, 6.45) is 0.467. The van der Waals surface area contributed by atoms with Crippen LogP contribution in [0.5, 0.6) is 0 Å². The Hall–Kier alpha value is -1.87. The van der Waals surface area contributed by atoms with Crippen LogP contribution < -0.4 is 5.73 Å². The third-order valence-electron chi connectivity index (χ3n) is 3.93. The number of hydrogen-bond donors (Lipinski definition) is 1.